The normalized spacial score (nSPS) is 12.6. The van der Waals surface area contributed by atoms with Crippen molar-refractivity contribution in [1.29, 1.82) is 0 Å². The van der Waals surface area contributed by atoms with Gasteiger partial charge in [0.15, 0.2) is 0 Å². The summed E-state index contributed by atoms with van der Waals surface area (Å²) in [4.78, 5) is 0. The maximum atomic E-state index is 10.1. The largest absolute Gasteiger partial charge is 0.445 e. The third-order valence-corrected chi connectivity index (χ3v) is 2.33. The predicted molar refractivity (Wildman–Crippen MR) is 64.3 cm³/mol. The molecule has 0 aliphatic rings. The summed E-state index contributed by atoms with van der Waals surface area (Å²) in [5.74, 6) is 0. The number of allylic oxidation sites excluding steroid dienone is 3. The van der Waals surface area contributed by atoms with Crippen LogP contribution in [0, 0.1) is 0 Å². The topological polar surface area (TPSA) is 63.6 Å². The summed E-state index contributed by atoms with van der Waals surface area (Å²) in [6.45, 7) is 2.18. The summed E-state index contributed by atoms with van der Waals surface area (Å²) in [6.07, 6.45) is 13.1. The van der Waals surface area contributed by atoms with Crippen LogP contribution >= 0.6 is 0 Å². The highest BCUT2D eigenvalue weighted by molar-refractivity contribution is 7.81. The Hall–Kier alpha value is -0.810. The van der Waals surface area contributed by atoms with Gasteiger partial charge < -0.3 is 4.18 Å². The summed E-state index contributed by atoms with van der Waals surface area (Å²) in [5, 5.41) is 0. The Morgan fingerprint density at radius 2 is 1.81 bits per heavy atom. The highest BCUT2D eigenvalue weighted by atomic mass is 32.3. The van der Waals surface area contributed by atoms with E-state index in [4.69, 9.17) is 4.55 Å². The van der Waals surface area contributed by atoms with E-state index < -0.39 is 10.4 Å². The minimum atomic E-state index is -4.35. The van der Waals surface area contributed by atoms with Crippen LogP contribution in [-0.2, 0) is 14.6 Å². The molecule has 0 aromatic carbocycles. The number of rotatable bonds is 9. The minimum absolute atomic E-state index is 0.933. The van der Waals surface area contributed by atoms with Gasteiger partial charge in [0.1, 0.15) is 6.26 Å². The lowest BCUT2D eigenvalue weighted by Crippen LogP contribution is -1.96. The van der Waals surface area contributed by atoms with Gasteiger partial charge in [-0.2, -0.15) is 8.42 Å². The molecule has 0 aliphatic carbocycles. The summed E-state index contributed by atoms with van der Waals surface area (Å²) >= 11 is 0. The second-order valence-corrected chi connectivity index (χ2v) is 4.53. The van der Waals surface area contributed by atoms with Gasteiger partial charge in [-0.25, -0.2) is 0 Å². The van der Waals surface area contributed by atoms with Crippen molar-refractivity contribution in [3.8, 4) is 0 Å². The van der Waals surface area contributed by atoms with Gasteiger partial charge in [0.05, 0.1) is 0 Å². The maximum absolute atomic E-state index is 10.1. The lowest BCUT2D eigenvalue weighted by Gasteiger charge is -1.95. The molecule has 0 radical (unpaired) electrons. The van der Waals surface area contributed by atoms with E-state index in [-0.39, 0.29) is 0 Å². The first-order valence-electron chi connectivity index (χ1n) is 5.53. The maximum Gasteiger partial charge on any atom is 0.445 e. The van der Waals surface area contributed by atoms with Crippen molar-refractivity contribution in [2.45, 2.75) is 45.4 Å². The van der Waals surface area contributed by atoms with Crippen LogP contribution in [0.1, 0.15) is 45.4 Å². The first kappa shape index (κ1) is 15.2. The molecule has 0 amide bonds. The van der Waals surface area contributed by atoms with E-state index in [1.54, 1.807) is 6.08 Å². The second-order valence-electron chi connectivity index (χ2n) is 3.48. The van der Waals surface area contributed by atoms with E-state index in [9.17, 15) is 8.42 Å². The van der Waals surface area contributed by atoms with Gasteiger partial charge in [0.25, 0.3) is 0 Å². The van der Waals surface area contributed by atoms with Gasteiger partial charge in [-0.15, -0.1) is 0 Å². The Bertz CT molecular complexity index is 304. The molecule has 0 saturated carbocycles. The molecule has 0 unspecified atom stereocenters. The van der Waals surface area contributed by atoms with Crippen LogP contribution in [0.5, 0.6) is 0 Å². The zero-order valence-corrected chi connectivity index (χ0v) is 10.4. The van der Waals surface area contributed by atoms with Crippen molar-refractivity contribution >= 4 is 10.4 Å². The van der Waals surface area contributed by atoms with Crippen molar-refractivity contribution in [3.63, 3.8) is 0 Å². The molecular formula is C11H20O4S. The van der Waals surface area contributed by atoms with Crippen molar-refractivity contribution in [2.75, 3.05) is 0 Å². The molecule has 0 bridgehead atoms. The lowest BCUT2D eigenvalue weighted by atomic mass is 10.1. The fourth-order valence-corrected chi connectivity index (χ4v) is 1.39. The van der Waals surface area contributed by atoms with Crippen LogP contribution in [0.25, 0.3) is 0 Å². The van der Waals surface area contributed by atoms with E-state index in [2.05, 4.69) is 11.1 Å². The van der Waals surface area contributed by atoms with Crippen molar-refractivity contribution in [3.05, 3.63) is 24.5 Å². The first-order valence-corrected chi connectivity index (χ1v) is 6.90. The molecule has 0 atom stereocenters. The molecule has 0 heterocycles. The smallest absolute Gasteiger partial charge is 0.370 e. The fourth-order valence-electron chi connectivity index (χ4n) is 1.19. The Morgan fingerprint density at radius 3 is 2.44 bits per heavy atom. The number of unbranched alkanes of at least 4 members (excludes halogenated alkanes) is 5. The van der Waals surface area contributed by atoms with Crippen LogP contribution in [0.15, 0.2) is 24.5 Å². The molecule has 0 aliphatic heterocycles. The SMILES string of the molecule is CCCCCCCC=CC=COS(=O)(=O)O. The molecule has 5 heteroatoms. The third kappa shape index (κ3) is 13.2. The molecule has 0 aromatic rings. The predicted octanol–water partition coefficient (Wildman–Crippen LogP) is 3.24. The molecule has 4 nitrogen and oxygen atoms in total. The molecule has 0 aromatic heterocycles. The highest BCUT2D eigenvalue weighted by Gasteiger charge is 1.97. The Kier molecular flexibility index (Phi) is 8.94. The fraction of sp³-hybridized carbons (Fsp3) is 0.636. The zero-order valence-electron chi connectivity index (χ0n) is 9.63. The van der Waals surface area contributed by atoms with E-state index in [0.717, 1.165) is 19.1 Å². The van der Waals surface area contributed by atoms with E-state index >= 15 is 0 Å². The molecule has 0 rings (SSSR count). The first-order chi connectivity index (χ1) is 7.56. The average Bonchev–Trinajstić information content (AvgIpc) is 2.19. The zero-order chi connectivity index (χ0) is 12.3. The molecular weight excluding hydrogens is 228 g/mol. The quantitative estimate of drug-likeness (QED) is 0.294. The highest BCUT2D eigenvalue weighted by Crippen LogP contribution is 2.05. The Balaban J connectivity index is 3.41. The molecule has 0 saturated heterocycles. The van der Waals surface area contributed by atoms with Crippen molar-refractivity contribution in [2.24, 2.45) is 0 Å². The van der Waals surface area contributed by atoms with E-state index in [1.165, 1.54) is 31.8 Å². The van der Waals surface area contributed by atoms with Gasteiger partial charge in [-0.3, -0.25) is 4.55 Å². The molecule has 0 spiro atoms. The summed E-state index contributed by atoms with van der Waals surface area (Å²) in [7, 11) is -4.35. The van der Waals surface area contributed by atoms with Gasteiger partial charge in [0, 0.05) is 0 Å². The Morgan fingerprint density at radius 1 is 1.12 bits per heavy atom. The van der Waals surface area contributed by atoms with Crippen molar-refractivity contribution < 1.29 is 17.2 Å². The van der Waals surface area contributed by atoms with Gasteiger partial charge >= 0.3 is 10.4 Å². The third-order valence-electron chi connectivity index (χ3n) is 1.98. The van der Waals surface area contributed by atoms with E-state index in [0.29, 0.717) is 0 Å². The van der Waals surface area contributed by atoms with Crippen LogP contribution < -0.4 is 0 Å². The van der Waals surface area contributed by atoms with Crippen LogP contribution in [0.3, 0.4) is 0 Å². The number of hydrogen-bond acceptors (Lipinski definition) is 3. The lowest BCUT2D eigenvalue weighted by molar-refractivity contribution is 0.356. The van der Waals surface area contributed by atoms with Gasteiger partial charge in [-0.1, -0.05) is 44.8 Å². The van der Waals surface area contributed by atoms with Gasteiger partial charge in [-0.05, 0) is 18.9 Å². The van der Waals surface area contributed by atoms with Gasteiger partial charge in [0.2, 0.25) is 0 Å². The van der Waals surface area contributed by atoms with E-state index in [1.807, 2.05) is 6.08 Å². The molecule has 16 heavy (non-hydrogen) atoms. The monoisotopic (exact) mass is 248 g/mol. The standard InChI is InChI=1S/C11H20O4S/c1-2-3-4-5-6-7-8-9-10-11-15-16(12,13)14/h8-11H,2-7H2,1H3,(H,12,13,14). The summed E-state index contributed by atoms with van der Waals surface area (Å²) in [6, 6.07) is 0. The Labute approximate surface area is 98.0 Å². The second kappa shape index (κ2) is 9.42. The van der Waals surface area contributed by atoms with Crippen LogP contribution in [0.2, 0.25) is 0 Å². The molecule has 94 valence electrons. The minimum Gasteiger partial charge on any atom is -0.370 e. The molecule has 1 N–H and O–H groups in total. The van der Waals surface area contributed by atoms with Crippen molar-refractivity contribution in [1.82, 2.24) is 0 Å². The van der Waals surface area contributed by atoms with Crippen LogP contribution in [-0.4, -0.2) is 13.0 Å². The van der Waals surface area contributed by atoms with Crippen LogP contribution in [0.4, 0.5) is 0 Å². The summed E-state index contributed by atoms with van der Waals surface area (Å²) < 4.78 is 32.5. The molecule has 0 fully saturated rings. The number of hydrogen-bond donors (Lipinski definition) is 1. The average molecular weight is 248 g/mol. The summed E-state index contributed by atoms with van der Waals surface area (Å²) in [5.41, 5.74) is 0.